The summed E-state index contributed by atoms with van der Waals surface area (Å²) in [6.45, 7) is 0. The van der Waals surface area contributed by atoms with Crippen LogP contribution in [0.2, 0.25) is 0 Å². The molecule has 0 saturated carbocycles. The molecule has 0 radical (unpaired) electrons. The minimum atomic E-state index is -0.549. The molecule has 5 heteroatoms. The number of fused-ring (bicyclic) bond motifs is 10. The second-order valence-corrected chi connectivity index (χ2v) is 15.0. The predicted octanol–water partition coefficient (Wildman–Crippen LogP) is 12.7. The molecule has 0 amide bonds. The largest absolute Gasteiger partial charge is 0.456 e. The minimum Gasteiger partial charge on any atom is -0.456 e. The smallest absolute Gasteiger partial charge is 0.136 e. The lowest BCUT2D eigenvalue weighted by Crippen LogP contribution is -2.37. The summed E-state index contributed by atoms with van der Waals surface area (Å²) in [5, 5.41) is 20.0. The van der Waals surface area contributed by atoms with Gasteiger partial charge in [-0.3, -0.25) is 5.41 Å². The van der Waals surface area contributed by atoms with E-state index in [0.29, 0.717) is 5.84 Å². The fourth-order valence-corrected chi connectivity index (χ4v) is 9.19. The van der Waals surface area contributed by atoms with Crippen LogP contribution in [0, 0.1) is 5.41 Å². The van der Waals surface area contributed by atoms with Crippen molar-refractivity contribution in [1.29, 1.82) is 5.41 Å². The highest BCUT2D eigenvalue weighted by atomic mass is 16.3. The molecule has 3 heterocycles. The summed E-state index contributed by atoms with van der Waals surface area (Å²) >= 11 is 0. The molecule has 8 aromatic carbocycles. The average Bonchev–Trinajstić information content (AvgIpc) is 3.55. The first kappa shape index (κ1) is 31.7. The highest BCUT2D eigenvalue weighted by Crippen LogP contribution is 2.51. The number of nitrogens with one attached hydrogen (secondary N) is 2. The van der Waals surface area contributed by atoms with Crippen LogP contribution in [-0.4, -0.2) is 15.0 Å². The van der Waals surface area contributed by atoms with Crippen LogP contribution in [0.4, 0.5) is 0 Å². The lowest BCUT2D eigenvalue weighted by atomic mass is 9.95. The first-order valence-corrected chi connectivity index (χ1v) is 19.4. The number of rotatable bonds is 6. The lowest BCUT2D eigenvalue weighted by Gasteiger charge is -2.24. The lowest BCUT2D eigenvalue weighted by molar-refractivity contribution is 0.669. The van der Waals surface area contributed by atoms with Crippen LogP contribution < -0.4 is 5.32 Å². The van der Waals surface area contributed by atoms with Crippen molar-refractivity contribution in [2.45, 2.75) is 5.54 Å². The third-order valence-electron chi connectivity index (χ3n) is 11.8. The Hall–Kier alpha value is -7.63. The van der Waals surface area contributed by atoms with E-state index in [1.54, 1.807) is 0 Å². The van der Waals surface area contributed by atoms with Crippen LogP contribution in [0.25, 0.3) is 82.5 Å². The number of amidine groups is 1. The maximum Gasteiger partial charge on any atom is 0.136 e. The van der Waals surface area contributed by atoms with Crippen molar-refractivity contribution in [2.75, 3.05) is 0 Å². The van der Waals surface area contributed by atoms with Crippen LogP contribution in [0.3, 0.4) is 0 Å². The van der Waals surface area contributed by atoms with E-state index in [1.807, 2.05) is 30.3 Å². The molecule has 0 fully saturated rings. The molecule has 1 atom stereocenters. The van der Waals surface area contributed by atoms with E-state index in [-0.39, 0.29) is 0 Å². The van der Waals surface area contributed by atoms with Crippen molar-refractivity contribution in [3.63, 3.8) is 0 Å². The molecule has 57 heavy (non-hydrogen) atoms. The van der Waals surface area contributed by atoms with Gasteiger partial charge in [0.1, 0.15) is 22.5 Å². The number of benzene rings is 8. The molecule has 11 aromatic rings. The van der Waals surface area contributed by atoms with E-state index in [0.717, 1.165) is 77.5 Å². The molecular formula is C52H34N4O. The van der Waals surface area contributed by atoms with Crippen LogP contribution in [0.15, 0.2) is 199 Å². The van der Waals surface area contributed by atoms with Crippen LogP contribution in [0.5, 0.6) is 0 Å². The number of furan rings is 1. The van der Waals surface area contributed by atoms with Crippen molar-refractivity contribution in [3.05, 3.63) is 211 Å². The highest BCUT2D eigenvalue weighted by Gasteiger charge is 2.47. The number of aromatic nitrogens is 2. The van der Waals surface area contributed by atoms with Gasteiger partial charge in [-0.05, 0) is 77.4 Å². The van der Waals surface area contributed by atoms with Crippen molar-refractivity contribution in [1.82, 2.24) is 14.5 Å². The number of hydrogen-bond acceptors (Lipinski definition) is 2. The molecule has 5 nitrogen and oxygen atoms in total. The van der Waals surface area contributed by atoms with Crippen molar-refractivity contribution >= 4 is 77.0 Å². The summed E-state index contributed by atoms with van der Waals surface area (Å²) in [5.74, 6) is 0.368. The third kappa shape index (κ3) is 4.66. The molecule has 3 aromatic heterocycles. The topological polar surface area (TPSA) is 58.9 Å². The fourth-order valence-electron chi connectivity index (χ4n) is 9.19. The third-order valence-corrected chi connectivity index (χ3v) is 11.8. The normalized spacial score (nSPS) is 15.3. The van der Waals surface area contributed by atoms with Gasteiger partial charge in [-0.25, -0.2) is 0 Å². The molecule has 0 spiro atoms. The molecule has 0 aliphatic heterocycles. The van der Waals surface area contributed by atoms with Crippen LogP contribution in [0.1, 0.15) is 16.7 Å². The van der Waals surface area contributed by atoms with Gasteiger partial charge in [0.15, 0.2) is 0 Å². The monoisotopic (exact) mass is 730 g/mol. The Balaban J connectivity index is 1.05. The van der Waals surface area contributed by atoms with Gasteiger partial charge in [0.2, 0.25) is 0 Å². The molecule has 1 aliphatic carbocycles. The van der Waals surface area contributed by atoms with Crippen molar-refractivity contribution in [2.24, 2.45) is 0 Å². The SMILES string of the molecule is N=C(NC1(c2ccccc2)C=C1c1ccccc1)c1cccc(-n2c3ccccc3c3c2ccc2c4cc5oc6ccccc6c5cc4n(-c4ccccc4)c23)c1. The standard InChI is InChI=1S/C52H34N4O/c53-51(54-52(35-18-6-2-7-19-35)32-43(52)33-15-4-1-5-16-33)34-17-14-22-37(29-34)55-44-25-12-10-24-40(44)49-45(55)28-27-39-41-31-48-42(38-23-11-13-26-47(38)57-48)30-46(41)56(50(39)49)36-20-8-3-9-21-36/h1-32H,(H2,53,54). The molecule has 268 valence electrons. The van der Waals surface area contributed by atoms with Crippen molar-refractivity contribution < 1.29 is 4.42 Å². The Labute approximate surface area is 327 Å². The van der Waals surface area contributed by atoms with Crippen LogP contribution in [-0.2, 0) is 5.54 Å². The number of para-hydroxylation sites is 3. The molecule has 1 unspecified atom stereocenters. The fraction of sp³-hybridized carbons (Fsp3) is 0.0192. The molecule has 2 N–H and O–H groups in total. The van der Waals surface area contributed by atoms with E-state index in [4.69, 9.17) is 4.42 Å². The van der Waals surface area contributed by atoms with E-state index in [2.05, 4.69) is 178 Å². The predicted molar refractivity (Wildman–Crippen MR) is 235 cm³/mol. The molecule has 12 rings (SSSR count). The zero-order valence-corrected chi connectivity index (χ0v) is 30.8. The van der Waals surface area contributed by atoms with E-state index >= 15 is 0 Å². The minimum absolute atomic E-state index is 0.368. The summed E-state index contributed by atoms with van der Waals surface area (Å²) in [6.07, 6.45) is 2.24. The zero-order chi connectivity index (χ0) is 37.7. The van der Waals surface area contributed by atoms with Gasteiger partial charge in [0, 0.05) is 49.3 Å². The second-order valence-electron chi connectivity index (χ2n) is 15.0. The van der Waals surface area contributed by atoms with E-state index < -0.39 is 5.54 Å². The van der Waals surface area contributed by atoms with Gasteiger partial charge < -0.3 is 18.9 Å². The number of nitrogens with zero attached hydrogens (tertiary/aromatic N) is 2. The van der Waals surface area contributed by atoms with Gasteiger partial charge >= 0.3 is 0 Å². The molecular weight excluding hydrogens is 697 g/mol. The van der Waals surface area contributed by atoms with E-state index in [1.165, 1.54) is 21.7 Å². The van der Waals surface area contributed by atoms with Crippen LogP contribution >= 0.6 is 0 Å². The van der Waals surface area contributed by atoms with Gasteiger partial charge in [-0.1, -0.05) is 133 Å². The first-order chi connectivity index (χ1) is 28.2. The summed E-state index contributed by atoms with van der Waals surface area (Å²) in [4.78, 5) is 0. The molecule has 0 bridgehead atoms. The van der Waals surface area contributed by atoms with Gasteiger partial charge in [0.25, 0.3) is 0 Å². The summed E-state index contributed by atoms with van der Waals surface area (Å²) < 4.78 is 11.2. The summed E-state index contributed by atoms with van der Waals surface area (Å²) in [5.41, 5.74) is 12.1. The maximum atomic E-state index is 9.50. The first-order valence-electron chi connectivity index (χ1n) is 19.4. The Morgan fingerprint density at radius 3 is 2.02 bits per heavy atom. The Morgan fingerprint density at radius 2 is 1.19 bits per heavy atom. The zero-order valence-electron chi connectivity index (χ0n) is 30.8. The Kier molecular flexibility index (Phi) is 6.64. The Morgan fingerprint density at radius 1 is 0.491 bits per heavy atom. The molecule has 1 aliphatic rings. The van der Waals surface area contributed by atoms with Gasteiger partial charge in [-0.2, -0.15) is 0 Å². The van der Waals surface area contributed by atoms with E-state index in [9.17, 15) is 5.41 Å². The maximum absolute atomic E-state index is 9.50. The summed E-state index contributed by atoms with van der Waals surface area (Å²) in [6, 6.07) is 66.0. The average molecular weight is 731 g/mol. The highest BCUT2D eigenvalue weighted by molar-refractivity contribution is 6.27. The van der Waals surface area contributed by atoms with Crippen molar-refractivity contribution in [3.8, 4) is 11.4 Å². The second kappa shape index (κ2) is 11.9. The Bertz CT molecular complexity index is 3440. The van der Waals surface area contributed by atoms with Gasteiger partial charge in [0.05, 0.1) is 22.1 Å². The summed E-state index contributed by atoms with van der Waals surface area (Å²) in [7, 11) is 0. The quantitative estimate of drug-likeness (QED) is 0.132. The number of hydrogen-bond donors (Lipinski definition) is 2. The van der Waals surface area contributed by atoms with Gasteiger partial charge in [-0.15, -0.1) is 0 Å². The molecule has 0 saturated heterocycles.